The number of ether oxygens (including phenoxy) is 1. The summed E-state index contributed by atoms with van der Waals surface area (Å²) in [6.07, 6.45) is 1.11. The summed E-state index contributed by atoms with van der Waals surface area (Å²) in [7, 11) is 0. The van der Waals surface area contributed by atoms with Crippen molar-refractivity contribution in [3.05, 3.63) is 41.5 Å². The van der Waals surface area contributed by atoms with E-state index in [0.717, 1.165) is 4.90 Å². The number of aliphatic carboxylic acids is 1. The van der Waals surface area contributed by atoms with E-state index in [2.05, 4.69) is 4.98 Å². The van der Waals surface area contributed by atoms with Crippen LogP contribution in [-0.2, 0) is 14.3 Å². The molecular weight excluding hydrogens is 323 g/mol. The average Bonchev–Trinajstić information content (AvgIpc) is 2.84. The third kappa shape index (κ3) is 2.86. The van der Waals surface area contributed by atoms with E-state index in [1.165, 1.54) is 12.4 Å². The molecule has 8 heteroatoms. The van der Waals surface area contributed by atoms with Crippen LogP contribution in [-0.4, -0.2) is 33.1 Å². The van der Waals surface area contributed by atoms with E-state index in [1.807, 2.05) is 0 Å². The third-order valence-corrected chi connectivity index (χ3v) is 4.04. The molecule has 2 aliphatic rings. The number of carbonyl (C=O) groups excluding carboxylic acids is 2. The number of carboxylic acids is 1. The fraction of sp³-hybridized carbons (Fsp3) is 0.438. The number of pyridine rings is 1. The molecule has 122 valence electrons. The van der Waals surface area contributed by atoms with Crippen molar-refractivity contribution in [2.75, 3.05) is 0 Å². The Kier molecular flexibility index (Phi) is 5.11. The fourth-order valence-electron chi connectivity index (χ4n) is 2.92. The Balaban J connectivity index is 0.00000208. The van der Waals surface area contributed by atoms with Crippen molar-refractivity contribution in [3.8, 4) is 0 Å². The minimum atomic E-state index is -1.46. The Morgan fingerprint density at radius 3 is 2.46 bits per heavy atom. The summed E-state index contributed by atoms with van der Waals surface area (Å²) in [5.74, 6) is -2.60. The number of aliphatic hydroxyl groups is 1. The van der Waals surface area contributed by atoms with Crippen LogP contribution in [0.25, 0.3) is 0 Å². The number of rotatable bonds is 3. The van der Waals surface area contributed by atoms with Gasteiger partial charge in [-0.2, -0.15) is 0 Å². The molecule has 1 saturated heterocycles. The number of hydrogen-bond acceptors (Lipinski definition) is 6. The first kappa shape index (κ1) is 18.9. The van der Waals surface area contributed by atoms with E-state index in [4.69, 9.17) is 4.74 Å². The van der Waals surface area contributed by atoms with Crippen molar-refractivity contribution in [2.45, 2.75) is 33.1 Å². The number of amides is 1. The van der Waals surface area contributed by atoms with Crippen LogP contribution < -0.4 is 34.7 Å². The molecule has 1 amide bonds. The number of aliphatic hydroxyl groups excluding tert-OH is 1. The summed E-state index contributed by atoms with van der Waals surface area (Å²) < 4.78 is 5.71. The van der Waals surface area contributed by atoms with E-state index in [0.29, 0.717) is 5.56 Å². The number of fused-ring (bicyclic) bond motifs is 1. The zero-order valence-electron chi connectivity index (χ0n) is 14.0. The summed E-state index contributed by atoms with van der Waals surface area (Å²) in [4.78, 5) is 28.7. The molecule has 0 radical (unpaired) electrons. The van der Waals surface area contributed by atoms with Gasteiger partial charge in [-0.3, -0.25) is 14.7 Å². The molecule has 3 heterocycles. The van der Waals surface area contributed by atoms with Gasteiger partial charge in [-0.15, -0.1) is 0 Å². The fourth-order valence-corrected chi connectivity index (χ4v) is 2.92. The van der Waals surface area contributed by atoms with E-state index in [9.17, 15) is 19.8 Å². The molecule has 0 unspecified atom stereocenters. The Morgan fingerprint density at radius 2 is 1.96 bits per heavy atom. The van der Waals surface area contributed by atoms with Crippen molar-refractivity contribution in [1.29, 1.82) is 0 Å². The van der Waals surface area contributed by atoms with Gasteiger partial charge in [-0.25, -0.2) is 0 Å². The second-order valence-electron chi connectivity index (χ2n) is 6.68. The molecule has 0 bridgehead atoms. The maximum Gasteiger partial charge on any atom is 1.00 e. The van der Waals surface area contributed by atoms with Gasteiger partial charge in [-0.1, -0.05) is 20.8 Å². The van der Waals surface area contributed by atoms with Crippen molar-refractivity contribution in [1.82, 2.24) is 9.88 Å². The molecular formula is C16H17N2NaO5. The van der Waals surface area contributed by atoms with Crippen LogP contribution in [0.15, 0.2) is 36.0 Å². The number of carbonyl (C=O) groups is 2. The number of aromatic nitrogens is 1. The van der Waals surface area contributed by atoms with E-state index >= 15 is 0 Å². The predicted molar refractivity (Wildman–Crippen MR) is 75.9 cm³/mol. The molecule has 1 aromatic heterocycles. The van der Waals surface area contributed by atoms with Gasteiger partial charge in [0.1, 0.15) is 17.4 Å². The van der Waals surface area contributed by atoms with Crippen LogP contribution in [0.4, 0.5) is 0 Å². The van der Waals surface area contributed by atoms with Crippen molar-refractivity contribution in [3.63, 3.8) is 0 Å². The molecule has 0 spiro atoms. The quantitative estimate of drug-likeness (QED) is 0.463. The molecule has 2 aliphatic heterocycles. The minimum absolute atomic E-state index is 0. The smallest absolute Gasteiger partial charge is 0.543 e. The minimum Gasteiger partial charge on any atom is -0.543 e. The first-order chi connectivity index (χ1) is 10.7. The van der Waals surface area contributed by atoms with Crippen LogP contribution in [0.1, 0.15) is 32.4 Å². The standard InChI is InChI=1S/C16H18N2O5.Na/c1-16(2,3)12-10(15(21)22)18-13(20)9(14(18)23-12)11(19)8-4-6-17-7-5-8;/h4-7,9,11,14,19H,1-3H3,(H,21,22);/q;+1/p-1/t9-,11+,14+;/m0./s1. The van der Waals surface area contributed by atoms with Gasteiger partial charge in [-0.05, 0) is 17.7 Å². The molecule has 3 rings (SSSR count). The Hall–Kier alpha value is -1.41. The zero-order chi connectivity index (χ0) is 16.9. The van der Waals surface area contributed by atoms with Crippen LogP contribution in [0, 0.1) is 11.3 Å². The van der Waals surface area contributed by atoms with Crippen molar-refractivity contribution < 1.29 is 54.1 Å². The normalized spacial score (nSPS) is 23.8. The molecule has 0 aromatic carbocycles. The maximum atomic E-state index is 12.4. The summed E-state index contributed by atoms with van der Waals surface area (Å²) in [5, 5.41) is 21.9. The van der Waals surface area contributed by atoms with Gasteiger partial charge in [0.2, 0.25) is 5.91 Å². The Morgan fingerprint density at radius 1 is 1.38 bits per heavy atom. The van der Waals surface area contributed by atoms with E-state index in [1.54, 1.807) is 32.9 Å². The van der Waals surface area contributed by atoms with Crippen LogP contribution in [0.5, 0.6) is 0 Å². The summed E-state index contributed by atoms with van der Waals surface area (Å²) in [6.45, 7) is 5.36. The molecule has 24 heavy (non-hydrogen) atoms. The number of nitrogens with zero attached hydrogens (tertiary/aromatic N) is 2. The van der Waals surface area contributed by atoms with E-state index < -0.39 is 35.5 Å². The maximum absolute atomic E-state index is 12.4. The molecule has 7 nitrogen and oxygen atoms in total. The average molecular weight is 340 g/mol. The summed E-state index contributed by atoms with van der Waals surface area (Å²) in [6, 6.07) is 3.21. The summed E-state index contributed by atoms with van der Waals surface area (Å²) >= 11 is 0. The largest absolute Gasteiger partial charge is 1.00 e. The topological polar surface area (TPSA) is 103 Å². The van der Waals surface area contributed by atoms with Gasteiger partial charge in [0.25, 0.3) is 0 Å². The van der Waals surface area contributed by atoms with Gasteiger partial charge in [0.05, 0.1) is 12.1 Å². The van der Waals surface area contributed by atoms with Gasteiger partial charge >= 0.3 is 29.6 Å². The second-order valence-corrected chi connectivity index (χ2v) is 6.68. The zero-order valence-corrected chi connectivity index (χ0v) is 16.0. The molecule has 0 aliphatic carbocycles. The van der Waals surface area contributed by atoms with Crippen LogP contribution in [0.3, 0.4) is 0 Å². The number of hydrogen-bond donors (Lipinski definition) is 1. The molecule has 3 atom stereocenters. The molecule has 1 fully saturated rings. The number of β-lactam (4-membered cyclic amide) rings is 1. The van der Waals surface area contributed by atoms with Gasteiger partial charge < -0.3 is 19.7 Å². The number of carboxylic acid groups (broad SMARTS) is 1. The molecule has 1 N–H and O–H groups in total. The number of allylic oxidation sites excluding steroid dienone is 1. The van der Waals surface area contributed by atoms with Crippen LogP contribution >= 0.6 is 0 Å². The first-order valence-corrected chi connectivity index (χ1v) is 7.27. The monoisotopic (exact) mass is 340 g/mol. The second kappa shape index (κ2) is 6.48. The van der Waals surface area contributed by atoms with Crippen molar-refractivity contribution in [2.24, 2.45) is 11.3 Å². The van der Waals surface area contributed by atoms with Gasteiger partial charge in [0, 0.05) is 17.8 Å². The Labute approximate surface area is 161 Å². The van der Waals surface area contributed by atoms with Crippen LogP contribution in [0.2, 0.25) is 0 Å². The SMILES string of the molecule is CC(C)(C)C1=C(C(=O)[O-])N2C(=O)[C@H]([C@H](O)c3ccncc3)[C@H]2O1.[Na+]. The van der Waals surface area contributed by atoms with Crippen molar-refractivity contribution >= 4 is 11.9 Å². The molecule has 1 aromatic rings. The third-order valence-electron chi connectivity index (χ3n) is 4.04. The Bertz CT molecular complexity index is 698. The van der Waals surface area contributed by atoms with E-state index in [-0.39, 0.29) is 41.0 Å². The predicted octanol–water partition coefficient (Wildman–Crippen LogP) is -3.06. The summed E-state index contributed by atoms with van der Waals surface area (Å²) in [5.41, 5.74) is -0.314. The van der Waals surface area contributed by atoms with Gasteiger partial charge in [0.15, 0.2) is 6.23 Å². The first-order valence-electron chi connectivity index (χ1n) is 7.27. The molecule has 0 saturated carbocycles.